The Morgan fingerprint density at radius 3 is 0.937 bits per heavy atom. The van der Waals surface area contributed by atoms with E-state index in [1.807, 2.05) is 0 Å². The van der Waals surface area contributed by atoms with Gasteiger partial charge in [-0.15, -0.1) is 0 Å². The molecule has 0 amide bonds. The number of ether oxygens (including phenoxy) is 3. The van der Waals surface area contributed by atoms with Crippen LogP contribution in [0, 0.1) is 0 Å². The zero-order chi connectivity index (χ0) is 45.8. The third kappa shape index (κ3) is 49.7. The van der Waals surface area contributed by atoms with Gasteiger partial charge in [0.05, 0.1) is 0 Å². The van der Waals surface area contributed by atoms with Crippen molar-refractivity contribution in [3.8, 4) is 0 Å². The molecule has 0 unspecified atom stereocenters. The second-order valence-corrected chi connectivity index (χ2v) is 17.4. The van der Waals surface area contributed by atoms with Gasteiger partial charge in [-0.1, -0.05) is 209 Å². The van der Waals surface area contributed by atoms with Gasteiger partial charge in [0, 0.05) is 19.3 Å². The monoisotopic (exact) mass is 879 g/mol. The van der Waals surface area contributed by atoms with Gasteiger partial charge in [-0.05, 0) is 96.3 Å². The molecule has 0 aromatic heterocycles. The van der Waals surface area contributed by atoms with E-state index in [-0.39, 0.29) is 31.1 Å². The lowest BCUT2D eigenvalue weighted by Crippen LogP contribution is -2.30. The topological polar surface area (TPSA) is 78.9 Å². The molecule has 0 radical (unpaired) electrons. The van der Waals surface area contributed by atoms with E-state index in [1.165, 1.54) is 116 Å². The van der Waals surface area contributed by atoms with E-state index in [9.17, 15) is 14.4 Å². The maximum atomic E-state index is 12.8. The highest BCUT2D eigenvalue weighted by atomic mass is 16.6. The molecule has 0 saturated heterocycles. The maximum Gasteiger partial charge on any atom is 0.306 e. The molecule has 0 rings (SSSR count). The number of esters is 3. The number of allylic oxidation sites excluding steroid dienone is 12. The molecule has 1 atom stereocenters. The standard InChI is InChI=1S/C57H98O6/c1-4-7-10-13-16-19-21-23-25-27-28-30-31-33-35-38-41-44-47-50-56(59)62-53-54(52-61-55(58)49-46-43-40-37-18-15-12-9-6-3)63-57(60)51-48-45-42-39-36-34-32-29-26-24-22-20-17-14-11-8-5-2/h16-17,19-20,23-26,28,30,33,35,54H,4-15,18,21-22,27,29,31-32,34,36-53H2,1-3H3/b19-16-,20-17-,25-23-,26-24-,30-28-,35-33-/t54-/m0/s1. The summed E-state index contributed by atoms with van der Waals surface area (Å²) >= 11 is 0. The Labute approximate surface area is 389 Å². The lowest BCUT2D eigenvalue weighted by Gasteiger charge is -2.18. The molecule has 0 fully saturated rings. The first kappa shape index (κ1) is 59.9. The summed E-state index contributed by atoms with van der Waals surface area (Å²) in [6.45, 7) is 6.53. The van der Waals surface area contributed by atoms with Crippen LogP contribution in [0.5, 0.6) is 0 Å². The van der Waals surface area contributed by atoms with Crippen molar-refractivity contribution < 1.29 is 28.6 Å². The largest absolute Gasteiger partial charge is 0.462 e. The smallest absolute Gasteiger partial charge is 0.306 e. The van der Waals surface area contributed by atoms with Crippen LogP contribution in [-0.4, -0.2) is 37.2 Å². The highest BCUT2D eigenvalue weighted by molar-refractivity contribution is 5.71. The predicted molar refractivity (Wildman–Crippen MR) is 270 cm³/mol. The van der Waals surface area contributed by atoms with E-state index in [2.05, 4.69) is 93.7 Å². The first-order valence-corrected chi connectivity index (χ1v) is 26.4. The molecule has 0 spiro atoms. The summed E-state index contributed by atoms with van der Waals surface area (Å²) in [6, 6.07) is 0. The van der Waals surface area contributed by atoms with E-state index in [1.54, 1.807) is 0 Å². The Hall–Kier alpha value is -3.15. The van der Waals surface area contributed by atoms with Gasteiger partial charge in [-0.2, -0.15) is 0 Å². The fraction of sp³-hybridized carbons (Fsp3) is 0.737. The summed E-state index contributed by atoms with van der Waals surface area (Å²) in [4.78, 5) is 37.9. The Morgan fingerprint density at radius 1 is 0.317 bits per heavy atom. The third-order valence-corrected chi connectivity index (χ3v) is 11.2. The van der Waals surface area contributed by atoms with Crippen LogP contribution < -0.4 is 0 Å². The Kier molecular flexibility index (Phi) is 48.9. The van der Waals surface area contributed by atoms with Crippen LogP contribution in [0.3, 0.4) is 0 Å². The summed E-state index contributed by atoms with van der Waals surface area (Å²) in [7, 11) is 0. The third-order valence-electron chi connectivity index (χ3n) is 11.2. The molecule has 0 saturated carbocycles. The molecule has 6 heteroatoms. The summed E-state index contributed by atoms with van der Waals surface area (Å²) < 4.78 is 16.8. The molecule has 0 aliphatic carbocycles. The summed E-state index contributed by atoms with van der Waals surface area (Å²) in [5, 5.41) is 0. The molecule has 0 aliphatic rings. The number of carbonyl (C=O) groups is 3. The second-order valence-electron chi connectivity index (χ2n) is 17.4. The summed E-state index contributed by atoms with van der Waals surface area (Å²) in [5.74, 6) is -0.928. The van der Waals surface area contributed by atoms with Gasteiger partial charge >= 0.3 is 17.9 Å². The Morgan fingerprint density at radius 2 is 0.571 bits per heavy atom. The van der Waals surface area contributed by atoms with Crippen LogP contribution in [0.1, 0.15) is 252 Å². The van der Waals surface area contributed by atoms with Gasteiger partial charge in [0.2, 0.25) is 0 Å². The summed E-state index contributed by atoms with van der Waals surface area (Å²) in [5.41, 5.74) is 0. The van der Waals surface area contributed by atoms with Crippen molar-refractivity contribution in [1.82, 2.24) is 0 Å². The first-order valence-electron chi connectivity index (χ1n) is 26.4. The lowest BCUT2D eigenvalue weighted by atomic mass is 10.1. The fourth-order valence-corrected chi connectivity index (χ4v) is 7.16. The van der Waals surface area contributed by atoms with E-state index in [4.69, 9.17) is 14.2 Å². The van der Waals surface area contributed by atoms with Gasteiger partial charge in [-0.3, -0.25) is 14.4 Å². The van der Waals surface area contributed by atoms with Crippen molar-refractivity contribution in [1.29, 1.82) is 0 Å². The Bertz CT molecular complexity index is 1190. The molecule has 63 heavy (non-hydrogen) atoms. The fourth-order valence-electron chi connectivity index (χ4n) is 7.16. The van der Waals surface area contributed by atoms with Crippen LogP contribution in [0.25, 0.3) is 0 Å². The van der Waals surface area contributed by atoms with E-state index < -0.39 is 6.10 Å². The molecular formula is C57H98O6. The van der Waals surface area contributed by atoms with Crippen molar-refractivity contribution in [2.24, 2.45) is 0 Å². The van der Waals surface area contributed by atoms with Crippen LogP contribution in [0.2, 0.25) is 0 Å². The summed E-state index contributed by atoms with van der Waals surface area (Å²) in [6.07, 6.45) is 64.6. The molecule has 0 N–H and O–H groups in total. The molecule has 6 nitrogen and oxygen atoms in total. The highest BCUT2D eigenvalue weighted by Gasteiger charge is 2.19. The lowest BCUT2D eigenvalue weighted by molar-refractivity contribution is -0.167. The normalized spacial score (nSPS) is 12.6. The minimum Gasteiger partial charge on any atom is -0.462 e. The zero-order valence-electron chi connectivity index (χ0n) is 41.3. The van der Waals surface area contributed by atoms with Crippen molar-refractivity contribution in [2.75, 3.05) is 13.2 Å². The first-order chi connectivity index (χ1) is 31.0. The number of hydrogen-bond acceptors (Lipinski definition) is 6. The predicted octanol–water partition coefficient (Wildman–Crippen LogP) is 17.4. The van der Waals surface area contributed by atoms with Gasteiger partial charge in [0.25, 0.3) is 0 Å². The van der Waals surface area contributed by atoms with Crippen molar-refractivity contribution >= 4 is 17.9 Å². The number of carbonyl (C=O) groups excluding carboxylic acids is 3. The minimum atomic E-state index is -0.790. The second kappa shape index (κ2) is 51.5. The van der Waals surface area contributed by atoms with Crippen molar-refractivity contribution in [3.63, 3.8) is 0 Å². The van der Waals surface area contributed by atoms with Crippen LogP contribution >= 0.6 is 0 Å². The van der Waals surface area contributed by atoms with Crippen LogP contribution in [0.15, 0.2) is 72.9 Å². The molecular weight excluding hydrogens is 781 g/mol. The quantitative estimate of drug-likeness (QED) is 0.0262. The highest BCUT2D eigenvalue weighted by Crippen LogP contribution is 2.14. The molecule has 0 aromatic carbocycles. The van der Waals surface area contributed by atoms with E-state index >= 15 is 0 Å². The van der Waals surface area contributed by atoms with Gasteiger partial charge in [0.1, 0.15) is 13.2 Å². The molecule has 0 aliphatic heterocycles. The van der Waals surface area contributed by atoms with E-state index in [0.717, 1.165) is 96.3 Å². The van der Waals surface area contributed by atoms with E-state index in [0.29, 0.717) is 19.3 Å². The SMILES string of the molecule is CCCCC/C=C\C/C=C\C/C=C\C/C=C\CCCCCC(=O)OC[C@H](COC(=O)CCCCCCCCCCC)OC(=O)CCCCCCCCC/C=C\C/C=C\CCCCC. The average Bonchev–Trinajstić information content (AvgIpc) is 3.28. The van der Waals surface area contributed by atoms with Gasteiger partial charge in [-0.25, -0.2) is 0 Å². The van der Waals surface area contributed by atoms with Gasteiger partial charge < -0.3 is 14.2 Å². The van der Waals surface area contributed by atoms with Crippen molar-refractivity contribution in [3.05, 3.63) is 72.9 Å². The molecule has 0 bridgehead atoms. The molecule has 0 aromatic rings. The van der Waals surface area contributed by atoms with Gasteiger partial charge in [0.15, 0.2) is 6.10 Å². The number of unbranched alkanes of at least 4 members (excludes halogenated alkanes) is 24. The number of rotatable bonds is 47. The molecule has 0 heterocycles. The maximum absolute atomic E-state index is 12.8. The zero-order valence-corrected chi connectivity index (χ0v) is 41.3. The molecule has 362 valence electrons. The average molecular weight is 879 g/mol. The van der Waals surface area contributed by atoms with Crippen LogP contribution in [-0.2, 0) is 28.6 Å². The minimum absolute atomic E-state index is 0.0880. The van der Waals surface area contributed by atoms with Crippen molar-refractivity contribution in [2.45, 2.75) is 258 Å². The Balaban J connectivity index is 4.39. The number of hydrogen-bond donors (Lipinski definition) is 0. The van der Waals surface area contributed by atoms with Crippen LogP contribution in [0.4, 0.5) is 0 Å².